The Labute approximate surface area is 183 Å². The van der Waals surface area contributed by atoms with E-state index in [1.165, 1.54) is 0 Å². The van der Waals surface area contributed by atoms with Gasteiger partial charge in [0, 0.05) is 30.0 Å². The molecule has 4 rings (SSSR count). The summed E-state index contributed by atoms with van der Waals surface area (Å²) in [5.74, 6) is 1.76. The molecule has 1 saturated heterocycles. The summed E-state index contributed by atoms with van der Waals surface area (Å²) in [4.78, 5) is 18.7. The molecule has 1 N–H and O–H groups in total. The van der Waals surface area contributed by atoms with Gasteiger partial charge in [0.25, 0.3) is 5.91 Å². The number of nitrogens with one attached hydrogen (secondary N) is 1. The topological polar surface area (TPSA) is 63.7 Å². The van der Waals surface area contributed by atoms with Gasteiger partial charge in [-0.2, -0.15) is 0 Å². The van der Waals surface area contributed by atoms with E-state index in [4.69, 9.17) is 21.1 Å². The smallest absolute Gasteiger partial charge is 0.252 e. The van der Waals surface area contributed by atoms with Crippen molar-refractivity contribution < 1.29 is 14.3 Å². The lowest BCUT2D eigenvalue weighted by atomic mass is 9.96. The van der Waals surface area contributed by atoms with Gasteiger partial charge in [-0.1, -0.05) is 17.7 Å². The normalized spacial score (nSPS) is 19.7. The first-order valence-electron chi connectivity index (χ1n) is 9.77. The van der Waals surface area contributed by atoms with Crippen LogP contribution in [0.4, 0.5) is 0 Å². The predicted octanol–water partition coefficient (Wildman–Crippen LogP) is 3.78. The van der Waals surface area contributed by atoms with Crippen LogP contribution in [-0.4, -0.2) is 54.7 Å². The van der Waals surface area contributed by atoms with Crippen LogP contribution in [0.15, 0.2) is 41.1 Å². The fraction of sp³-hybridized carbons (Fsp3) is 0.429. The Morgan fingerprint density at radius 3 is 2.93 bits per heavy atom. The molecule has 1 atom stereocenters. The Bertz CT molecular complexity index is 874. The number of aromatic nitrogens is 1. The van der Waals surface area contributed by atoms with Crippen molar-refractivity contribution in [2.75, 3.05) is 32.8 Å². The number of hydrogen-bond donors (Lipinski definition) is 1. The Morgan fingerprint density at radius 1 is 1.31 bits per heavy atom. The fourth-order valence-electron chi connectivity index (χ4n) is 3.73. The summed E-state index contributed by atoms with van der Waals surface area (Å²) < 4.78 is 12.7. The zero-order chi connectivity index (χ0) is 20.2. The second kappa shape index (κ2) is 9.32. The number of fused-ring (bicyclic) bond motifs is 1. The van der Waals surface area contributed by atoms with Crippen molar-refractivity contribution in [2.45, 2.75) is 18.9 Å². The molecule has 154 valence electrons. The van der Waals surface area contributed by atoms with Crippen LogP contribution in [-0.2, 0) is 0 Å². The summed E-state index contributed by atoms with van der Waals surface area (Å²) in [6, 6.07) is 7.33. The van der Waals surface area contributed by atoms with Crippen molar-refractivity contribution in [2.24, 2.45) is 5.92 Å². The minimum atomic E-state index is -0.0791. The van der Waals surface area contributed by atoms with E-state index in [9.17, 15) is 4.79 Å². The highest BCUT2D eigenvalue weighted by molar-refractivity contribution is 9.10. The van der Waals surface area contributed by atoms with Gasteiger partial charge >= 0.3 is 0 Å². The van der Waals surface area contributed by atoms with Crippen molar-refractivity contribution >= 4 is 33.4 Å². The van der Waals surface area contributed by atoms with Gasteiger partial charge < -0.3 is 14.8 Å². The van der Waals surface area contributed by atoms with E-state index in [0.717, 1.165) is 36.9 Å². The van der Waals surface area contributed by atoms with Gasteiger partial charge in [-0.25, -0.2) is 0 Å². The highest BCUT2D eigenvalue weighted by atomic mass is 79.9. The number of rotatable bonds is 5. The maximum atomic E-state index is 12.3. The minimum absolute atomic E-state index is 0.0253. The van der Waals surface area contributed by atoms with Gasteiger partial charge in [0.15, 0.2) is 11.5 Å². The second-order valence-electron chi connectivity index (χ2n) is 7.46. The van der Waals surface area contributed by atoms with E-state index in [1.54, 1.807) is 18.5 Å². The van der Waals surface area contributed by atoms with E-state index >= 15 is 0 Å². The van der Waals surface area contributed by atoms with Crippen LogP contribution in [0.1, 0.15) is 23.2 Å². The van der Waals surface area contributed by atoms with Gasteiger partial charge in [-0.05, 0) is 66.0 Å². The van der Waals surface area contributed by atoms with Gasteiger partial charge in [0.2, 0.25) is 0 Å². The molecule has 0 bridgehead atoms. The number of hydrogen-bond acceptors (Lipinski definition) is 5. The molecular formula is C21H23BrClN3O3. The highest BCUT2D eigenvalue weighted by Crippen LogP contribution is 2.38. The number of para-hydroxylation sites is 1. The standard InChI is InChI=1S/C21H23BrClN3O3/c22-16-8-15(10-24-11-16)21(27)25-9-14-4-6-26(7-5-14)12-17-13-28-19-3-1-2-18(23)20(19)29-17/h1-3,8,10-11,14,17H,4-7,9,12-13H2,(H,25,27)/t17-/m0/s1. The Kier molecular flexibility index (Phi) is 6.57. The molecule has 2 aromatic rings. The van der Waals surface area contributed by atoms with Crippen LogP contribution in [0.5, 0.6) is 11.5 Å². The first kappa shape index (κ1) is 20.4. The molecule has 1 aromatic carbocycles. The number of halogens is 2. The quantitative estimate of drug-likeness (QED) is 0.706. The fourth-order valence-corrected chi connectivity index (χ4v) is 4.30. The molecule has 8 heteroatoms. The zero-order valence-corrected chi connectivity index (χ0v) is 18.3. The van der Waals surface area contributed by atoms with Crippen molar-refractivity contribution in [1.29, 1.82) is 0 Å². The minimum Gasteiger partial charge on any atom is -0.486 e. The van der Waals surface area contributed by atoms with Gasteiger partial charge in [-0.15, -0.1) is 0 Å². The lowest BCUT2D eigenvalue weighted by Gasteiger charge is -2.35. The van der Waals surface area contributed by atoms with Crippen LogP contribution in [0, 0.1) is 5.92 Å². The van der Waals surface area contributed by atoms with E-state index in [2.05, 4.69) is 31.1 Å². The summed E-state index contributed by atoms with van der Waals surface area (Å²) in [5, 5.41) is 3.62. The average Bonchev–Trinajstić information content (AvgIpc) is 2.74. The molecule has 6 nitrogen and oxygen atoms in total. The summed E-state index contributed by atoms with van der Waals surface area (Å²) in [6.07, 6.45) is 5.31. The molecule has 1 aromatic heterocycles. The third kappa shape index (κ3) is 5.21. The van der Waals surface area contributed by atoms with Crippen LogP contribution >= 0.6 is 27.5 Å². The molecule has 0 saturated carbocycles. The summed E-state index contributed by atoms with van der Waals surface area (Å²) >= 11 is 9.57. The second-order valence-corrected chi connectivity index (χ2v) is 8.79. The number of amides is 1. The maximum Gasteiger partial charge on any atom is 0.252 e. The molecule has 3 heterocycles. The third-order valence-corrected chi connectivity index (χ3v) is 6.06. The van der Waals surface area contributed by atoms with Crippen LogP contribution < -0.4 is 14.8 Å². The number of carbonyl (C=O) groups is 1. The first-order valence-corrected chi connectivity index (χ1v) is 10.9. The summed E-state index contributed by atoms with van der Waals surface area (Å²) in [7, 11) is 0. The molecule has 0 unspecified atom stereocenters. The van der Waals surface area contributed by atoms with E-state index in [-0.39, 0.29) is 12.0 Å². The number of benzene rings is 1. The van der Waals surface area contributed by atoms with E-state index in [0.29, 0.717) is 41.2 Å². The molecule has 1 amide bonds. The van der Waals surface area contributed by atoms with Crippen molar-refractivity contribution in [3.8, 4) is 11.5 Å². The van der Waals surface area contributed by atoms with Gasteiger partial charge in [-0.3, -0.25) is 14.7 Å². The molecule has 0 aliphatic carbocycles. The molecule has 2 aliphatic heterocycles. The predicted molar refractivity (Wildman–Crippen MR) is 115 cm³/mol. The SMILES string of the molecule is O=C(NCC1CCN(C[C@H]2COc3cccc(Cl)c3O2)CC1)c1cncc(Br)c1. The molecular weight excluding hydrogens is 458 g/mol. The number of carbonyl (C=O) groups excluding carboxylic acids is 1. The molecule has 0 radical (unpaired) electrons. The lowest BCUT2D eigenvalue weighted by molar-refractivity contribution is 0.0477. The summed E-state index contributed by atoms with van der Waals surface area (Å²) in [6.45, 7) is 3.99. The molecule has 2 aliphatic rings. The first-order chi connectivity index (χ1) is 14.1. The Balaban J connectivity index is 1.21. The van der Waals surface area contributed by atoms with Crippen LogP contribution in [0.2, 0.25) is 5.02 Å². The molecule has 29 heavy (non-hydrogen) atoms. The van der Waals surface area contributed by atoms with Gasteiger partial charge in [0.05, 0.1) is 10.6 Å². The van der Waals surface area contributed by atoms with Crippen molar-refractivity contribution in [1.82, 2.24) is 15.2 Å². The maximum absolute atomic E-state index is 12.3. The van der Waals surface area contributed by atoms with Gasteiger partial charge in [0.1, 0.15) is 12.7 Å². The number of piperidine rings is 1. The summed E-state index contributed by atoms with van der Waals surface area (Å²) in [5.41, 5.74) is 0.574. The Hall–Kier alpha value is -1.83. The van der Waals surface area contributed by atoms with Crippen molar-refractivity contribution in [3.05, 3.63) is 51.7 Å². The number of pyridine rings is 1. The lowest BCUT2D eigenvalue weighted by Crippen LogP contribution is -2.45. The van der Waals surface area contributed by atoms with Crippen LogP contribution in [0.3, 0.4) is 0 Å². The monoisotopic (exact) mass is 479 g/mol. The van der Waals surface area contributed by atoms with E-state index < -0.39 is 0 Å². The third-order valence-electron chi connectivity index (χ3n) is 5.33. The molecule has 1 fully saturated rings. The zero-order valence-electron chi connectivity index (χ0n) is 15.9. The Morgan fingerprint density at radius 2 is 2.14 bits per heavy atom. The molecule has 0 spiro atoms. The highest BCUT2D eigenvalue weighted by Gasteiger charge is 2.27. The van der Waals surface area contributed by atoms with E-state index in [1.807, 2.05) is 18.2 Å². The number of likely N-dealkylation sites (tertiary alicyclic amines) is 1. The number of ether oxygens (including phenoxy) is 2. The average molecular weight is 481 g/mol. The van der Waals surface area contributed by atoms with Crippen molar-refractivity contribution in [3.63, 3.8) is 0 Å². The number of nitrogens with zero attached hydrogens (tertiary/aromatic N) is 2. The largest absolute Gasteiger partial charge is 0.486 e. The van der Waals surface area contributed by atoms with Crippen LogP contribution in [0.25, 0.3) is 0 Å².